The third-order valence-corrected chi connectivity index (χ3v) is 2.24. The Labute approximate surface area is 92.2 Å². The van der Waals surface area contributed by atoms with E-state index in [-0.39, 0.29) is 5.56 Å². The Balaban J connectivity index is 2.34. The number of pyridine rings is 2. The van der Waals surface area contributed by atoms with Gasteiger partial charge in [0.25, 0.3) is 5.56 Å². The number of carbonyl (C=O) groups is 1. The van der Waals surface area contributed by atoms with Gasteiger partial charge in [-0.05, 0) is 23.8 Å². The van der Waals surface area contributed by atoms with Crippen LogP contribution in [-0.2, 0) is 6.54 Å². The summed E-state index contributed by atoms with van der Waals surface area (Å²) in [6.07, 6.45) is 5.62. The van der Waals surface area contributed by atoms with E-state index < -0.39 is 0 Å². The second kappa shape index (κ2) is 4.53. The van der Waals surface area contributed by atoms with Crippen LogP contribution in [0.5, 0.6) is 0 Å². The van der Waals surface area contributed by atoms with E-state index >= 15 is 0 Å². The Morgan fingerprint density at radius 2 is 1.94 bits per heavy atom. The van der Waals surface area contributed by atoms with Crippen LogP contribution in [0.3, 0.4) is 0 Å². The van der Waals surface area contributed by atoms with Gasteiger partial charge in [-0.15, -0.1) is 0 Å². The third kappa shape index (κ3) is 2.23. The monoisotopic (exact) mass is 214 g/mol. The Morgan fingerprint density at radius 1 is 1.19 bits per heavy atom. The Morgan fingerprint density at radius 3 is 2.62 bits per heavy atom. The second-order valence-electron chi connectivity index (χ2n) is 3.40. The van der Waals surface area contributed by atoms with Gasteiger partial charge in [0.05, 0.1) is 6.54 Å². The Hall–Kier alpha value is -2.23. The van der Waals surface area contributed by atoms with Crippen LogP contribution in [0, 0.1) is 0 Å². The first kappa shape index (κ1) is 10.3. The molecule has 4 nitrogen and oxygen atoms in total. The zero-order valence-corrected chi connectivity index (χ0v) is 8.54. The second-order valence-corrected chi connectivity index (χ2v) is 3.40. The van der Waals surface area contributed by atoms with Gasteiger partial charge in [0, 0.05) is 30.2 Å². The van der Waals surface area contributed by atoms with E-state index in [0.717, 1.165) is 11.8 Å². The van der Waals surface area contributed by atoms with Crippen molar-refractivity contribution in [2.24, 2.45) is 0 Å². The first-order valence-electron chi connectivity index (χ1n) is 4.84. The van der Waals surface area contributed by atoms with E-state index in [4.69, 9.17) is 0 Å². The lowest BCUT2D eigenvalue weighted by atomic mass is 10.2. The molecular weight excluding hydrogens is 204 g/mol. The van der Waals surface area contributed by atoms with Gasteiger partial charge >= 0.3 is 0 Å². The molecule has 2 aromatic heterocycles. The molecule has 0 bridgehead atoms. The lowest BCUT2D eigenvalue weighted by Gasteiger charge is -2.05. The number of aromatic nitrogens is 2. The summed E-state index contributed by atoms with van der Waals surface area (Å²) < 4.78 is 1.50. The highest BCUT2D eigenvalue weighted by Gasteiger charge is 1.99. The van der Waals surface area contributed by atoms with E-state index in [2.05, 4.69) is 4.98 Å². The van der Waals surface area contributed by atoms with Crippen molar-refractivity contribution in [2.75, 3.05) is 0 Å². The molecule has 0 aliphatic rings. The molecule has 0 fully saturated rings. The zero-order valence-electron chi connectivity index (χ0n) is 8.54. The summed E-state index contributed by atoms with van der Waals surface area (Å²) >= 11 is 0. The number of nitrogens with zero attached hydrogens (tertiary/aromatic N) is 2. The number of carbonyl (C=O) groups excluding carboxylic acids is 1. The molecule has 0 spiro atoms. The molecule has 0 saturated heterocycles. The first-order valence-corrected chi connectivity index (χ1v) is 4.84. The minimum absolute atomic E-state index is 0.123. The summed E-state index contributed by atoms with van der Waals surface area (Å²) in [7, 11) is 0. The van der Waals surface area contributed by atoms with Crippen LogP contribution in [-0.4, -0.2) is 15.8 Å². The van der Waals surface area contributed by atoms with Crippen molar-refractivity contribution in [1.29, 1.82) is 0 Å². The predicted molar refractivity (Wildman–Crippen MR) is 59.4 cm³/mol. The third-order valence-electron chi connectivity index (χ3n) is 2.24. The molecule has 2 heterocycles. The predicted octanol–water partition coefficient (Wildman–Crippen LogP) is 1.10. The Bertz CT molecular complexity index is 546. The maximum atomic E-state index is 11.5. The Kier molecular flexibility index (Phi) is 2.91. The van der Waals surface area contributed by atoms with Gasteiger partial charge in [-0.3, -0.25) is 14.6 Å². The van der Waals surface area contributed by atoms with Crippen molar-refractivity contribution in [3.8, 4) is 0 Å². The van der Waals surface area contributed by atoms with Gasteiger partial charge in [-0.2, -0.15) is 0 Å². The largest absolute Gasteiger partial charge is 0.310 e. The smallest absolute Gasteiger partial charge is 0.250 e. The van der Waals surface area contributed by atoms with Crippen LogP contribution >= 0.6 is 0 Å². The van der Waals surface area contributed by atoms with Gasteiger partial charge in [-0.1, -0.05) is 0 Å². The van der Waals surface area contributed by atoms with Crippen molar-refractivity contribution in [2.45, 2.75) is 6.54 Å². The van der Waals surface area contributed by atoms with Crippen LogP contribution in [0.25, 0.3) is 0 Å². The summed E-state index contributed by atoms with van der Waals surface area (Å²) in [4.78, 5) is 26.0. The molecule has 2 aromatic rings. The maximum Gasteiger partial charge on any atom is 0.250 e. The fraction of sp³-hybridized carbons (Fsp3) is 0.0833. The molecule has 4 heteroatoms. The lowest BCUT2D eigenvalue weighted by Crippen LogP contribution is -2.19. The highest BCUT2D eigenvalue weighted by Crippen LogP contribution is 1.99. The van der Waals surface area contributed by atoms with Crippen molar-refractivity contribution >= 4 is 6.29 Å². The van der Waals surface area contributed by atoms with Crippen molar-refractivity contribution < 1.29 is 4.79 Å². The topological polar surface area (TPSA) is 52.0 Å². The fourth-order valence-corrected chi connectivity index (χ4v) is 1.43. The van der Waals surface area contributed by atoms with Gasteiger partial charge < -0.3 is 4.57 Å². The van der Waals surface area contributed by atoms with E-state index in [0.29, 0.717) is 12.1 Å². The minimum atomic E-state index is -0.123. The maximum absolute atomic E-state index is 11.5. The molecule has 0 aliphatic heterocycles. The SMILES string of the molecule is O=Cc1ccc(=O)n(Cc2ccncc2)c1. The van der Waals surface area contributed by atoms with E-state index in [1.807, 2.05) is 12.1 Å². The molecule has 0 aliphatic carbocycles. The van der Waals surface area contributed by atoms with Crippen molar-refractivity contribution in [3.63, 3.8) is 0 Å². The van der Waals surface area contributed by atoms with Gasteiger partial charge in [0.15, 0.2) is 6.29 Å². The summed E-state index contributed by atoms with van der Waals surface area (Å²) in [6, 6.07) is 6.57. The molecule has 0 radical (unpaired) electrons. The normalized spacial score (nSPS) is 10.0. The number of aldehydes is 1. The van der Waals surface area contributed by atoms with Crippen LogP contribution < -0.4 is 5.56 Å². The highest BCUT2D eigenvalue weighted by atomic mass is 16.1. The van der Waals surface area contributed by atoms with Gasteiger partial charge in [0.2, 0.25) is 0 Å². The molecule has 0 atom stereocenters. The quantitative estimate of drug-likeness (QED) is 0.719. The molecule has 0 saturated carbocycles. The molecule has 2 rings (SSSR count). The molecule has 0 N–H and O–H groups in total. The summed E-state index contributed by atoms with van der Waals surface area (Å²) in [5.74, 6) is 0. The average molecular weight is 214 g/mol. The average Bonchev–Trinajstić information content (AvgIpc) is 2.33. The van der Waals surface area contributed by atoms with Crippen LogP contribution in [0.4, 0.5) is 0 Å². The minimum Gasteiger partial charge on any atom is -0.310 e. The highest BCUT2D eigenvalue weighted by molar-refractivity contribution is 5.73. The van der Waals surface area contributed by atoms with E-state index in [1.165, 1.54) is 16.7 Å². The number of hydrogen-bond donors (Lipinski definition) is 0. The molecule has 0 amide bonds. The zero-order chi connectivity index (χ0) is 11.4. The van der Waals surface area contributed by atoms with Crippen LogP contribution in [0.2, 0.25) is 0 Å². The van der Waals surface area contributed by atoms with Crippen molar-refractivity contribution in [3.05, 3.63) is 64.3 Å². The van der Waals surface area contributed by atoms with Crippen LogP contribution in [0.15, 0.2) is 47.7 Å². The molecule has 0 unspecified atom stereocenters. The fourth-order valence-electron chi connectivity index (χ4n) is 1.43. The standard InChI is InChI=1S/C12H10N2O2/c15-9-11-1-2-12(16)14(8-11)7-10-3-5-13-6-4-10/h1-6,8-9H,7H2. The van der Waals surface area contributed by atoms with Gasteiger partial charge in [-0.25, -0.2) is 0 Å². The molecule has 80 valence electrons. The summed E-state index contributed by atoms with van der Waals surface area (Å²) in [5, 5.41) is 0. The molecule has 0 aromatic carbocycles. The van der Waals surface area contributed by atoms with Gasteiger partial charge in [0.1, 0.15) is 0 Å². The van der Waals surface area contributed by atoms with Crippen LogP contribution in [0.1, 0.15) is 15.9 Å². The van der Waals surface area contributed by atoms with E-state index in [9.17, 15) is 9.59 Å². The van der Waals surface area contributed by atoms with Crippen molar-refractivity contribution in [1.82, 2.24) is 9.55 Å². The van der Waals surface area contributed by atoms with E-state index in [1.54, 1.807) is 18.6 Å². The first-order chi connectivity index (χ1) is 7.79. The summed E-state index contributed by atoms with van der Waals surface area (Å²) in [5.41, 5.74) is 1.34. The number of hydrogen-bond acceptors (Lipinski definition) is 3. The number of rotatable bonds is 3. The molecular formula is C12H10N2O2. The summed E-state index contributed by atoms with van der Waals surface area (Å²) in [6.45, 7) is 0.447. The lowest BCUT2D eigenvalue weighted by molar-refractivity contribution is 0.112. The molecule has 16 heavy (non-hydrogen) atoms.